The standard InChI is InChI=1S/C10H11BrO3/c11-7-10(13)8-1-3-9(4-2-8)14-6-5-12/h1-4,12H,5-7H2. The number of Topliss-reactive ketones (excluding diaryl/α,β-unsaturated/α-hetero) is 1. The van der Waals surface area contributed by atoms with E-state index in [0.717, 1.165) is 0 Å². The third-order valence-corrected chi connectivity index (χ3v) is 2.17. The van der Waals surface area contributed by atoms with E-state index in [4.69, 9.17) is 9.84 Å². The predicted octanol–water partition coefficient (Wildman–Crippen LogP) is 1.64. The number of ketones is 1. The summed E-state index contributed by atoms with van der Waals surface area (Å²) in [4.78, 5) is 11.2. The van der Waals surface area contributed by atoms with Crippen molar-refractivity contribution in [3.8, 4) is 5.75 Å². The molecule has 0 fully saturated rings. The van der Waals surface area contributed by atoms with Crippen LogP contribution in [0.2, 0.25) is 0 Å². The van der Waals surface area contributed by atoms with Crippen molar-refractivity contribution in [3.05, 3.63) is 29.8 Å². The van der Waals surface area contributed by atoms with Gasteiger partial charge in [-0.1, -0.05) is 15.9 Å². The maximum atomic E-state index is 11.2. The van der Waals surface area contributed by atoms with E-state index in [2.05, 4.69) is 15.9 Å². The first-order valence-electron chi connectivity index (χ1n) is 4.21. The molecule has 1 rings (SSSR count). The zero-order chi connectivity index (χ0) is 10.4. The molecule has 0 saturated carbocycles. The van der Waals surface area contributed by atoms with Crippen molar-refractivity contribution in [2.24, 2.45) is 0 Å². The molecule has 1 aromatic rings. The number of hydrogen-bond donors (Lipinski definition) is 1. The van der Waals surface area contributed by atoms with Crippen LogP contribution in [0.4, 0.5) is 0 Å². The molecule has 0 spiro atoms. The van der Waals surface area contributed by atoms with Crippen molar-refractivity contribution in [1.29, 1.82) is 0 Å². The first kappa shape index (κ1) is 11.2. The molecule has 76 valence electrons. The lowest BCUT2D eigenvalue weighted by Gasteiger charge is -2.04. The number of ether oxygens (including phenoxy) is 1. The van der Waals surface area contributed by atoms with Crippen LogP contribution >= 0.6 is 15.9 Å². The molecule has 4 heteroatoms. The van der Waals surface area contributed by atoms with Gasteiger partial charge in [0.25, 0.3) is 0 Å². The molecule has 1 aromatic carbocycles. The number of hydrogen-bond acceptors (Lipinski definition) is 3. The van der Waals surface area contributed by atoms with Crippen LogP contribution in [0.3, 0.4) is 0 Å². The summed E-state index contributed by atoms with van der Waals surface area (Å²) in [5, 5.41) is 8.85. The summed E-state index contributed by atoms with van der Waals surface area (Å²) in [6.07, 6.45) is 0. The molecule has 0 aromatic heterocycles. The largest absolute Gasteiger partial charge is 0.491 e. The lowest BCUT2D eigenvalue weighted by Crippen LogP contribution is -2.03. The van der Waals surface area contributed by atoms with Crippen LogP contribution in [0.15, 0.2) is 24.3 Å². The fraction of sp³-hybridized carbons (Fsp3) is 0.300. The van der Waals surface area contributed by atoms with Gasteiger partial charge in [-0.05, 0) is 24.3 Å². The van der Waals surface area contributed by atoms with E-state index in [-0.39, 0.29) is 19.0 Å². The number of benzene rings is 1. The van der Waals surface area contributed by atoms with Crippen LogP contribution in [0.25, 0.3) is 0 Å². The van der Waals surface area contributed by atoms with Gasteiger partial charge >= 0.3 is 0 Å². The maximum Gasteiger partial charge on any atom is 0.173 e. The topological polar surface area (TPSA) is 46.5 Å². The average Bonchev–Trinajstić information content (AvgIpc) is 2.26. The van der Waals surface area contributed by atoms with Crippen molar-refractivity contribution in [2.75, 3.05) is 18.5 Å². The highest BCUT2D eigenvalue weighted by Crippen LogP contribution is 2.12. The highest BCUT2D eigenvalue weighted by Gasteiger charge is 2.02. The molecule has 0 aliphatic heterocycles. The number of alkyl halides is 1. The number of aliphatic hydroxyl groups excluding tert-OH is 1. The SMILES string of the molecule is O=C(CBr)c1ccc(OCCO)cc1. The molecule has 0 aliphatic rings. The fourth-order valence-corrected chi connectivity index (χ4v) is 1.30. The van der Waals surface area contributed by atoms with Gasteiger partial charge in [-0.15, -0.1) is 0 Å². The zero-order valence-corrected chi connectivity index (χ0v) is 9.16. The van der Waals surface area contributed by atoms with Crippen LogP contribution in [-0.4, -0.2) is 29.4 Å². The molecule has 0 amide bonds. The Balaban J connectivity index is 2.63. The molecule has 3 nitrogen and oxygen atoms in total. The van der Waals surface area contributed by atoms with Gasteiger partial charge in [0.2, 0.25) is 0 Å². The van der Waals surface area contributed by atoms with Crippen LogP contribution in [-0.2, 0) is 0 Å². The van der Waals surface area contributed by atoms with E-state index in [1.807, 2.05) is 0 Å². The summed E-state index contributed by atoms with van der Waals surface area (Å²) in [6.45, 7) is 0.258. The van der Waals surface area contributed by atoms with Crippen molar-refractivity contribution in [1.82, 2.24) is 0 Å². The molecule has 14 heavy (non-hydrogen) atoms. The van der Waals surface area contributed by atoms with Gasteiger partial charge < -0.3 is 9.84 Å². The van der Waals surface area contributed by atoms with E-state index in [9.17, 15) is 4.79 Å². The minimum atomic E-state index is -0.0118. The number of aliphatic hydroxyl groups is 1. The van der Waals surface area contributed by atoms with Gasteiger partial charge in [0, 0.05) is 5.56 Å². The minimum absolute atomic E-state index is 0.0118. The Morgan fingerprint density at radius 2 is 2.00 bits per heavy atom. The Morgan fingerprint density at radius 3 is 2.50 bits per heavy atom. The van der Waals surface area contributed by atoms with Crippen LogP contribution in [0.5, 0.6) is 5.75 Å². The lowest BCUT2D eigenvalue weighted by atomic mass is 10.1. The molecule has 0 bridgehead atoms. The first-order chi connectivity index (χ1) is 6.77. The molecule has 0 aliphatic carbocycles. The zero-order valence-electron chi connectivity index (χ0n) is 7.57. The third kappa shape index (κ3) is 3.12. The van der Waals surface area contributed by atoms with Crippen molar-refractivity contribution >= 4 is 21.7 Å². The number of carbonyl (C=O) groups is 1. The monoisotopic (exact) mass is 258 g/mol. The van der Waals surface area contributed by atoms with Crippen molar-refractivity contribution in [3.63, 3.8) is 0 Å². The fourth-order valence-electron chi connectivity index (χ4n) is 0.978. The van der Waals surface area contributed by atoms with Crippen LogP contribution in [0, 0.1) is 0 Å². The summed E-state index contributed by atoms with van der Waals surface area (Å²) in [7, 11) is 0. The van der Waals surface area contributed by atoms with Crippen LogP contribution < -0.4 is 4.74 Å². The van der Waals surface area contributed by atoms with Crippen LogP contribution in [0.1, 0.15) is 10.4 Å². The number of halogens is 1. The molecule has 0 atom stereocenters. The van der Waals surface area contributed by atoms with E-state index in [1.54, 1.807) is 24.3 Å². The average molecular weight is 259 g/mol. The molecule has 0 unspecified atom stereocenters. The number of carbonyl (C=O) groups excluding carboxylic acids is 1. The maximum absolute atomic E-state index is 11.2. The minimum Gasteiger partial charge on any atom is -0.491 e. The van der Waals surface area contributed by atoms with Gasteiger partial charge in [-0.25, -0.2) is 0 Å². The molecule has 0 heterocycles. The second-order valence-corrected chi connectivity index (χ2v) is 3.21. The second kappa shape index (κ2) is 5.78. The summed E-state index contributed by atoms with van der Waals surface area (Å²) in [5.41, 5.74) is 0.651. The van der Waals surface area contributed by atoms with E-state index < -0.39 is 0 Å². The Bertz CT molecular complexity index is 295. The summed E-state index contributed by atoms with van der Waals surface area (Å²) >= 11 is 3.10. The first-order valence-corrected chi connectivity index (χ1v) is 5.33. The van der Waals surface area contributed by atoms with Gasteiger partial charge in [0.1, 0.15) is 12.4 Å². The van der Waals surface area contributed by atoms with E-state index in [0.29, 0.717) is 16.6 Å². The summed E-state index contributed by atoms with van der Waals surface area (Å²) in [5.74, 6) is 0.698. The van der Waals surface area contributed by atoms with Crippen molar-refractivity contribution < 1.29 is 14.6 Å². The van der Waals surface area contributed by atoms with Gasteiger partial charge in [0.05, 0.1) is 11.9 Å². The van der Waals surface area contributed by atoms with Crippen molar-refractivity contribution in [2.45, 2.75) is 0 Å². The Labute approximate surface area is 90.8 Å². The summed E-state index contributed by atoms with van der Waals surface area (Å²) < 4.78 is 5.15. The van der Waals surface area contributed by atoms with Gasteiger partial charge in [-0.2, -0.15) is 0 Å². The Hall–Kier alpha value is -0.870. The quantitative estimate of drug-likeness (QED) is 0.645. The third-order valence-electron chi connectivity index (χ3n) is 1.66. The van der Waals surface area contributed by atoms with Gasteiger partial charge in [0.15, 0.2) is 5.78 Å². The van der Waals surface area contributed by atoms with E-state index in [1.165, 1.54) is 0 Å². The van der Waals surface area contributed by atoms with E-state index >= 15 is 0 Å². The number of rotatable bonds is 5. The van der Waals surface area contributed by atoms with Gasteiger partial charge in [-0.3, -0.25) is 4.79 Å². The smallest absolute Gasteiger partial charge is 0.173 e. The Kier molecular flexibility index (Phi) is 4.62. The highest BCUT2D eigenvalue weighted by atomic mass is 79.9. The summed E-state index contributed by atoms with van der Waals surface area (Å²) in [6, 6.07) is 6.84. The molecule has 0 radical (unpaired) electrons. The second-order valence-electron chi connectivity index (χ2n) is 2.65. The Morgan fingerprint density at radius 1 is 1.36 bits per heavy atom. The highest BCUT2D eigenvalue weighted by molar-refractivity contribution is 9.09. The molecular weight excluding hydrogens is 248 g/mol. The molecule has 0 saturated heterocycles. The normalized spacial score (nSPS) is 9.86. The predicted molar refractivity (Wildman–Crippen MR) is 57.1 cm³/mol. The molecule has 1 N–H and O–H groups in total. The molecular formula is C10H11BrO3. The lowest BCUT2D eigenvalue weighted by molar-refractivity contribution is 0.102.